The highest BCUT2D eigenvalue weighted by Gasteiger charge is 2.19. The van der Waals surface area contributed by atoms with Crippen LogP contribution in [0.3, 0.4) is 0 Å². The van der Waals surface area contributed by atoms with E-state index in [2.05, 4.69) is 11.4 Å². The third-order valence-corrected chi connectivity index (χ3v) is 6.61. The molecule has 0 aliphatic carbocycles. The number of aryl methyl sites for hydroxylation is 4. The maximum atomic E-state index is 13.1. The average molecular weight is 416 g/mol. The van der Waals surface area contributed by atoms with Gasteiger partial charge in [0.05, 0.1) is 11.1 Å². The molecule has 3 aromatic rings. The zero-order valence-corrected chi connectivity index (χ0v) is 18.7. The normalized spacial score (nSPS) is 11.4. The second-order valence-corrected chi connectivity index (χ2v) is 9.49. The van der Waals surface area contributed by atoms with Crippen LogP contribution in [0.25, 0.3) is 10.2 Å². The molecule has 0 fully saturated rings. The predicted molar refractivity (Wildman–Crippen MR) is 119 cm³/mol. The fourth-order valence-electron chi connectivity index (χ4n) is 3.22. The zero-order chi connectivity index (χ0) is 20.6. The van der Waals surface area contributed by atoms with E-state index in [0.717, 1.165) is 32.1 Å². The third kappa shape index (κ3) is 4.15. The van der Waals surface area contributed by atoms with Gasteiger partial charge in [0.25, 0.3) is 5.56 Å². The Morgan fingerprint density at radius 2 is 1.82 bits per heavy atom. The minimum Gasteiger partial charge on any atom is -0.325 e. The highest BCUT2D eigenvalue weighted by Crippen LogP contribution is 2.29. The van der Waals surface area contributed by atoms with E-state index in [1.807, 2.05) is 53.7 Å². The lowest BCUT2D eigenvalue weighted by molar-refractivity contribution is -0.113. The highest BCUT2D eigenvalue weighted by atomic mass is 32.2. The first-order chi connectivity index (χ1) is 13.2. The molecule has 28 heavy (non-hydrogen) atoms. The van der Waals surface area contributed by atoms with E-state index < -0.39 is 0 Å². The summed E-state index contributed by atoms with van der Waals surface area (Å²) in [6, 6.07) is 5.92. The summed E-state index contributed by atoms with van der Waals surface area (Å²) < 4.78 is 1.69. The average Bonchev–Trinajstić information content (AvgIpc) is 2.86. The van der Waals surface area contributed by atoms with Gasteiger partial charge in [-0.2, -0.15) is 0 Å². The lowest BCUT2D eigenvalue weighted by atomic mass is 10.1. The van der Waals surface area contributed by atoms with Gasteiger partial charge in [-0.15, -0.1) is 11.3 Å². The molecule has 1 aromatic carbocycles. The molecule has 0 aliphatic heterocycles. The maximum absolute atomic E-state index is 13.1. The van der Waals surface area contributed by atoms with Crippen molar-refractivity contribution in [2.75, 3.05) is 11.1 Å². The summed E-state index contributed by atoms with van der Waals surface area (Å²) in [4.78, 5) is 32.1. The molecular weight excluding hydrogens is 390 g/mol. The number of fused-ring (bicyclic) bond motifs is 1. The molecule has 148 valence electrons. The monoisotopic (exact) mass is 415 g/mol. The lowest BCUT2D eigenvalue weighted by Gasteiger charge is -2.15. The number of carbonyl (C=O) groups is 1. The van der Waals surface area contributed by atoms with Gasteiger partial charge in [0.1, 0.15) is 4.83 Å². The lowest BCUT2D eigenvalue weighted by Crippen LogP contribution is -2.25. The van der Waals surface area contributed by atoms with Gasteiger partial charge in [-0.3, -0.25) is 14.2 Å². The summed E-state index contributed by atoms with van der Waals surface area (Å²) in [6.07, 6.45) is 0. The number of amides is 1. The molecule has 0 spiro atoms. The molecule has 7 heteroatoms. The van der Waals surface area contributed by atoms with E-state index in [4.69, 9.17) is 4.98 Å². The van der Waals surface area contributed by atoms with Crippen molar-refractivity contribution in [3.63, 3.8) is 0 Å². The molecule has 0 saturated heterocycles. The standard InChI is InChI=1S/C21H25N3O2S2/c1-11(2)24-20(26)18-14(5)15(6)28-19(18)23-21(24)27-10-17(25)22-16-8-12(3)7-13(4)9-16/h7-9,11H,10H2,1-6H3,(H,22,25). The Hall–Kier alpha value is -2.12. The molecule has 0 saturated carbocycles. The fraction of sp³-hybridized carbons (Fsp3) is 0.381. The Balaban J connectivity index is 1.86. The minimum atomic E-state index is -0.113. The molecule has 0 atom stereocenters. The number of thiophene rings is 1. The fourth-order valence-corrected chi connectivity index (χ4v) is 5.22. The first-order valence-electron chi connectivity index (χ1n) is 9.20. The SMILES string of the molecule is Cc1cc(C)cc(NC(=O)CSc2nc3sc(C)c(C)c3c(=O)n2C(C)C)c1. The van der Waals surface area contributed by atoms with Gasteiger partial charge in [-0.1, -0.05) is 17.8 Å². The largest absolute Gasteiger partial charge is 0.325 e. The molecular formula is C21H25N3O2S2. The molecule has 0 radical (unpaired) electrons. The quantitative estimate of drug-likeness (QED) is 0.470. The molecule has 1 amide bonds. The number of thioether (sulfide) groups is 1. The second-order valence-electron chi connectivity index (χ2n) is 7.34. The van der Waals surface area contributed by atoms with Crippen LogP contribution < -0.4 is 10.9 Å². The number of benzene rings is 1. The Morgan fingerprint density at radius 3 is 2.43 bits per heavy atom. The topological polar surface area (TPSA) is 64.0 Å². The van der Waals surface area contributed by atoms with Gasteiger partial charge in [0, 0.05) is 16.6 Å². The molecule has 1 N–H and O–H groups in total. The highest BCUT2D eigenvalue weighted by molar-refractivity contribution is 7.99. The smallest absolute Gasteiger partial charge is 0.263 e. The summed E-state index contributed by atoms with van der Waals surface area (Å²) in [6.45, 7) is 11.9. The number of hydrogen-bond acceptors (Lipinski definition) is 5. The summed E-state index contributed by atoms with van der Waals surface area (Å²) in [5.41, 5.74) is 3.96. The van der Waals surface area contributed by atoms with Crippen LogP contribution in [0.4, 0.5) is 5.69 Å². The molecule has 5 nitrogen and oxygen atoms in total. The first kappa shape index (κ1) is 20.6. The third-order valence-electron chi connectivity index (χ3n) is 4.56. The van der Waals surface area contributed by atoms with E-state index >= 15 is 0 Å². The van der Waals surface area contributed by atoms with Crippen LogP contribution in [-0.2, 0) is 4.79 Å². The van der Waals surface area contributed by atoms with Crippen molar-refractivity contribution in [3.8, 4) is 0 Å². The minimum absolute atomic E-state index is 0.0286. The van der Waals surface area contributed by atoms with Crippen LogP contribution in [0, 0.1) is 27.7 Å². The van der Waals surface area contributed by atoms with Crippen LogP contribution >= 0.6 is 23.1 Å². The van der Waals surface area contributed by atoms with Gasteiger partial charge in [-0.25, -0.2) is 4.98 Å². The van der Waals surface area contributed by atoms with Crippen LogP contribution in [0.5, 0.6) is 0 Å². The van der Waals surface area contributed by atoms with Crippen molar-refractivity contribution in [3.05, 3.63) is 50.1 Å². The van der Waals surface area contributed by atoms with Crippen molar-refractivity contribution in [1.82, 2.24) is 9.55 Å². The number of nitrogens with one attached hydrogen (secondary N) is 1. The zero-order valence-electron chi connectivity index (χ0n) is 17.0. The molecule has 3 rings (SSSR count). The Morgan fingerprint density at radius 1 is 1.18 bits per heavy atom. The van der Waals surface area contributed by atoms with E-state index in [1.54, 1.807) is 4.57 Å². The Kier molecular flexibility index (Phi) is 5.95. The Bertz CT molecular complexity index is 1090. The molecule has 2 heterocycles. The van der Waals surface area contributed by atoms with Crippen LogP contribution in [0.15, 0.2) is 28.2 Å². The molecule has 0 aliphatic rings. The summed E-state index contributed by atoms with van der Waals surface area (Å²) in [5.74, 6) is 0.0826. The van der Waals surface area contributed by atoms with Gasteiger partial charge in [0.15, 0.2) is 5.16 Å². The van der Waals surface area contributed by atoms with Crippen LogP contribution in [0.2, 0.25) is 0 Å². The van der Waals surface area contributed by atoms with E-state index in [0.29, 0.717) is 10.5 Å². The van der Waals surface area contributed by atoms with E-state index in [-0.39, 0.29) is 23.3 Å². The molecule has 0 unspecified atom stereocenters. The summed E-state index contributed by atoms with van der Waals surface area (Å²) in [7, 11) is 0. The number of aromatic nitrogens is 2. The number of hydrogen-bond donors (Lipinski definition) is 1. The number of carbonyl (C=O) groups excluding carboxylic acids is 1. The van der Waals surface area contributed by atoms with Gasteiger partial charge < -0.3 is 5.32 Å². The van der Waals surface area contributed by atoms with Crippen molar-refractivity contribution in [1.29, 1.82) is 0 Å². The first-order valence-corrected chi connectivity index (χ1v) is 11.0. The van der Waals surface area contributed by atoms with E-state index in [9.17, 15) is 9.59 Å². The number of rotatable bonds is 5. The summed E-state index contributed by atoms with van der Waals surface area (Å²) in [5, 5.41) is 4.22. The summed E-state index contributed by atoms with van der Waals surface area (Å²) >= 11 is 2.83. The van der Waals surface area contributed by atoms with E-state index in [1.165, 1.54) is 23.1 Å². The Labute approximate surface area is 173 Å². The number of anilines is 1. The second kappa shape index (κ2) is 8.09. The van der Waals surface area contributed by atoms with Crippen molar-refractivity contribution >= 4 is 44.9 Å². The van der Waals surface area contributed by atoms with Gasteiger partial charge >= 0.3 is 0 Å². The van der Waals surface area contributed by atoms with Crippen LogP contribution in [-0.4, -0.2) is 21.2 Å². The van der Waals surface area contributed by atoms with Gasteiger partial charge in [-0.05, 0) is 70.4 Å². The maximum Gasteiger partial charge on any atom is 0.263 e. The van der Waals surface area contributed by atoms with Crippen molar-refractivity contribution < 1.29 is 4.79 Å². The van der Waals surface area contributed by atoms with Crippen molar-refractivity contribution in [2.45, 2.75) is 52.7 Å². The molecule has 0 bridgehead atoms. The van der Waals surface area contributed by atoms with Crippen LogP contribution in [0.1, 0.15) is 41.5 Å². The van der Waals surface area contributed by atoms with Gasteiger partial charge in [0.2, 0.25) is 5.91 Å². The number of nitrogens with zero attached hydrogens (tertiary/aromatic N) is 2. The molecule has 2 aromatic heterocycles. The van der Waals surface area contributed by atoms with Crippen molar-refractivity contribution in [2.24, 2.45) is 0 Å². The predicted octanol–water partition coefficient (Wildman–Crippen LogP) is 5.00.